The van der Waals surface area contributed by atoms with E-state index in [1.165, 1.54) is 6.07 Å². The molecule has 116 valence electrons. The van der Waals surface area contributed by atoms with E-state index in [4.69, 9.17) is 16.7 Å². The molecule has 0 radical (unpaired) electrons. The van der Waals surface area contributed by atoms with E-state index in [2.05, 4.69) is 4.98 Å². The third kappa shape index (κ3) is 3.19. The maximum absolute atomic E-state index is 10.9. The number of carboxylic acid groups (broad SMARTS) is 1. The van der Waals surface area contributed by atoms with Gasteiger partial charge in [0, 0.05) is 24.5 Å². The molecular formula is C17H13ClN2O3. The number of rotatable bonds is 4. The van der Waals surface area contributed by atoms with E-state index in [1.54, 1.807) is 42.6 Å². The zero-order valence-electron chi connectivity index (χ0n) is 12.0. The first-order valence-corrected chi connectivity index (χ1v) is 7.24. The molecule has 0 saturated heterocycles. The molecule has 0 spiro atoms. The topological polar surface area (TPSA) is 75.3 Å². The highest BCUT2D eigenvalue weighted by Crippen LogP contribution is 2.28. The van der Waals surface area contributed by atoms with E-state index in [9.17, 15) is 9.90 Å². The molecule has 0 aliphatic rings. The van der Waals surface area contributed by atoms with Gasteiger partial charge in [-0.2, -0.15) is 0 Å². The van der Waals surface area contributed by atoms with Gasteiger partial charge in [-0.25, -0.2) is 9.78 Å². The Kier molecular flexibility index (Phi) is 4.04. The fourth-order valence-corrected chi connectivity index (χ4v) is 2.47. The van der Waals surface area contributed by atoms with Gasteiger partial charge in [0.25, 0.3) is 0 Å². The fraction of sp³-hybridized carbons (Fsp3) is 0.0588. The Labute approximate surface area is 137 Å². The number of benzene rings is 2. The van der Waals surface area contributed by atoms with E-state index in [-0.39, 0.29) is 16.3 Å². The van der Waals surface area contributed by atoms with Crippen molar-refractivity contribution in [3.05, 3.63) is 71.0 Å². The monoisotopic (exact) mass is 328 g/mol. The molecule has 2 N–H and O–H groups in total. The minimum absolute atomic E-state index is 0.0257. The number of nitrogens with zero attached hydrogens (tertiary/aromatic N) is 2. The van der Waals surface area contributed by atoms with Gasteiger partial charge in [-0.1, -0.05) is 23.7 Å². The lowest BCUT2D eigenvalue weighted by Crippen LogP contribution is -2.02. The molecule has 1 aromatic heterocycles. The number of aromatic hydroxyl groups is 1. The van der Waals surface area contributed by atoms with E-state index in [0.29, 0.717) is 12.4 Å². The lowest BCUT2D eigenvalue weighted by Gasteiger charge is -2.09. The number of halogens is 1. The third-order valence-electron chi connectivity index (χ3n) is 3.48. The number of hydrogen-bond acceptors (Lipinski definition) is 3. The van der Waals surface area contributed by atoms with Crippen LogP contribution >= 0.6 is 11.6 Å². The highest BCUT2D eigenvalue weighted by atomic mass is 35.5. The van der Waals surface area contributed by atoms with Crippen LogP contribution in [0.4, 0.5) is 0 Å². The van der Waals surface area contributed by atoms with Crippen molar-refractivity contribution in [1.29, 1.82) is 0 Å². The first-order chi connectivity index (χ1) is 11.0. The maximum Gasteiger partial charge on any atom is 0.335 e. The van der Waals surface area contributed by atoms with E-state index in [0.717, 1.165) is 11.1 Å². The molecule has 0 atom stereocenters. The lowest BCUT2D eigenvalue weighted by molar-refractivity contribution is 0.0697. The number of imidazole rings is 1. The van der Waals surface area contributed by atoms with Gasteiger partial charge in [-0.15, -0.1) is 0 Å². The molecule has 3 rings (SSSR count). The summed E-state index contributed by atoms with van der Waals surface area (Å²) in [7, 11) is 0. The second-order valence-corrected chi connectivity index (χ2v) is 5.45. The number of aromatic nitrogens is 2. The first-order valence-electron chi connectivity index (χ1n) is 6.87. The molecule has 0 unspecified atom stereocenters. The normalized spacial score (nSPS) is 10.7. The Morgan fingerprint density at radius 2 is 1.91 bits per heavy atom. The second kappa shape index (κ2) is 6.14. The number of hydrogen-bond donors (Lipinski definition) is 2. The summed E-state index contributed by atoms with van der Waals surface area (Å²) >= 11 is 5.95. The van der Waals surface area contributed by atoms with Gasteiger partial charge in [-0.3, -0.25) is 0 Å². The summed E-state index contributed by atoms with van der Waals surface area (Å²) < 4.78 is 1.93. The lowest BCUT2D eigenvalue weighted by atomic mass is 10.1. The van der Waals surface area contributed by atoms with Crippen molar-refractivity contribution >= 4 is 17.6 Å². The maximum atomic E-state index is 10.9. The van der Waals surface area contributed by atoms with Gasteiger partial charge >= 0.3 is 5.97 Å². The Hall–Kier alpha value is -2.79. The van der Waals surface area contributed by atoms with Gasteiger partial charge in [-0.05, 0) is 35.9 Å². The molecule has 1 heterocycles. The standard InChI is InChI=1S/C17H13ClN2O3/c18-14-9-13(5-6-15(14)21)16-19-7-8-20(16)10-11-1-3-12(4-2-11)17(22)23/h1-9,21H,10H2,(H,22,23). The van der Waals surface area contributed by atoms with Crippen LogP contribution in [-0.2, 0) is 6.54 Å². The molecule has 0 aliphatic heterocycles. The predicted octanol–water partition coefficient (Wildman–Crippen LogP) is 3.66. The van der Waals surface area contributed by atoms with Crippen LogP contribution in [0.25, 0.3) is 11.4 Å². The summed E-state index contributed by atoms with van der Waals surface area (Å²) in [5.41, 5.74) is 2.00. The molecule has 0 bridgehead atoms. The Balaban J connectivity index is 1.88. The van der Waals surface area contributed by atoms with Crippen molar-refractivity contribution in [1.82, 2.24) is 9.55 Å². The van der Waals surface area contributed by atoms with Crippen LogP contribution in [0.3, 0.4) is 0 Å². The number of aromatic carboxylic acids is 1. The van der Waals surface area contributed by atoms with Crippen LogP contribution in [0.15, 0.2) is 54.9 Å². The number of carbonyl (C=O) groups is 1. The minimum Gasteiger partial charge on any atom is -0.506 e. The van der Waals surface area contributed by atoms with Crippen molar-refractivity contribution in [2.24, 2.45) is 0 Å². The molecule has 3 aromatic rings. The van der Waals surface area contributed by atoms with E-state index in [1.807, 2.05) is 10.8 Å². The molecule has 0 fully saturated rings. The van der Waals surface area contributed by atoms with Crippen LogP contribution < -0.4 is 0 Å². The van der Waals surface area contributed by atoms with Crippen LogP contribution in [0.5, 0.6) is 5.75 Å². The van der Waals surface area contributed by atoms with Crippen molar-refractivity contribution < 1.29 is 15.0 Å². The minimum atomic E-state index is -0.946. The zero-order chi connectivity index (χ0) is 16.4. The largest absolute Gasteiger partial charge is 0.506 e. The number of phenols is 1. The van der Waals surface area contributed by atoms with Gasteiger partial charge in [0.15, 0.2) is 0 Å². The van der Waals surface area contributed by atoms with Gasteiger partial charge < -0.3 is 14.8 Å². The molecule has 6 heteroatoms. The molecule has 2 aromatic carbocycles. The van der Waals surface area contributed by atoms with Crippen LogP contribution in [-0.4, -0.2) is 25.7 Å². The molecule has 5 nitrogen and oxygen atoms in total. The average Bonchev–Trinajstić information content (AvgIpc) is 2.99. The van der Waals surface area contributed by atoms with E-state index >= 15 is 0 Å². The van der Waals surface area contributed by atoms with Crippen LogP contribution in [0, 0.1) is 0 Å². The second-order valence-electron chi connectivity index (χ2n) is 5.05. The molecule has 0 saturated carbocycles. The van der Waals surface area contributed by atoms with Crippen molar-refractivity contribution in [3.63, 3.8) is 0 Å². The summed E-state index contributed by atoms with van der Waals surface area (Å²) in [6.45, 7) is 0.549. The molecule has 23 heavy (non-hydrogen) atoms. The van der Waals surface area contributed by atoms with E-state index < -0.39 is 5.97 Å². The molecule has 0 aliphatic carbocycles. The highest BCUT2D eigenvalue weighted by molar-refractivity contribution is 6.32. The van der Waals surface area contributed by atoms with Crippen molar-refractivity contribution in [3.8, 4) is 17.1 Å². The average molecular weight is 329 g/mol. The summed E-state index contributed by atoms with van der Waals surface area (Å²) in [6, 6.07) is 11.6. The summed E-state index contributed by atoms with van der Waals surface area (Å²) in [4.78, 5) is 15.2. The summed E-state index contributed by atoms with van der Waals surface area (Å²) in [5, 5.41) is 18.7. The smallest absolute Gasteiger partial charge is 0.335 e. The quantitative estimate of drug-likeness (QED) is 0.766. The Bertz CT molecular complexity index is 857. The SMILES string of the molecule is O=C(O)c1ccc(Cn2ccnc2-c2ccc(O)c(Cl)c2)cc1. The van der Waals surface area contributed by atoms with Crippen LogP contribution in [0.1, 0.15) is 15.9 Å². The van der Waals surface area contributed by atoms with Crippen molar-refractivity contribution in [2.75, 3.05) is 0 Å². The molecular weight excluding hydrogens is 316 g/mol. The predicted molar refractivity (Wildman–Crippen MR) is 86.8 cm³/mol. The summed E-state index contributed by atoms with van der Waals surface area (Å²) in [5.74, 6) is -0.203. The van der Waals surface area contributed by atoms with Gasteiger partial charge in [0.1, 0.15) is 11.6 Å². The highest BCUT2D eigenvalue weighted by Gasteiger charge is 2.09. The first kappa shape index (κ1) is 15.1. The molecule has 0 amide bonds. The zero-order valence-corrected chi connectivity index (χ0v) is 12.7. The summed E-state index contributed by atoms with van der Waals surface area (Å²) in [6.07, 6.45) is 3.52. The van der Waals surface area contributed by atoms with Crippen molar-refractivity contribution in [2.45, 2.75) is 6.54 Å². The number of carboxylic acids is 1. The van der Waals surface area contributed by atoms with Gasteiger partial charge in [0.2, 0.25) is 0 Å². The van der Waals surface area contributed by atoms with Gasteiger partial charge in [0.05, 0.1) is 10.6 Å². The Morgan fingerprint density at radius 3 is 2.57 bits per heavy atom. The fourth-order valence-electron chi connectivity index (χ4n) is 2.29. The Morgan fingerprint density at radius 1 is 1.17 bits per heavy atom. The van der Waals surface area contributed by atoms with Crippen LogP contribution in [0.2, 0.25) is 5.02 Å². The third-order valence-corrected chi connectivity index (χ3v) is 3.78. The number of phenolic OH excluding ortho intramolecular Hbond substituents is 1.